The first-order valence-corrected chi connectivity index (χ1v) is 6.78. The van der Waals surface area contributed by atoms with E-state index in [0.29, 0.717) is 12.8 Å². The summed E-state index contributed by atoms with van der Waals surface area (Å²) >= 11 is 0. The standard InChI is InChI=1S/C14H19F3O/c15-14(16,17)12-8-4-7-11(9-12)13(18)10-5-2-1-3-6-10/h5,11-12H,1-4,6-9H2. The van der Waals surface area contributed by atoms with Gasteiger partial charge < -0.3 is 0 Å². The van der Waals surface area contributed by atoms with Crippen molar-refractivity contribution < 1.29 is 18.0 Å². The van der Waals surface area contributed by atoms with E-state index in [9.17, 15) is 18.0 Å². The molecule has 2 aliphatic rings. The topological polar surface area (TPSA) is 17.1 Å². The van der Waals surface area contributed by atoms with Gasteiger partial charge in [0.15, 0.2) is 5.78 Å². The van der Waals surface area contributed by atoms with Crippen LogP contribution < -0.4 is 0 Å². The Morgan fingerprint density at radius 1 is 1.17 bits per heavy atom. The van der Waals surface area contributed by atoms with Crippen LogP contribution in [0.15, 0.2) is 11.6 Å². The van der Waals surface area contributed by atoms with Gasteiger partial charge in [-0.2, -0.15) is 13.2 Å². The highest BCUT2D eigenvalue weighted by Crippen LogP contribution is 2.41. The molecular weight excluding hydrogens is 241 g/mol. The number of hydrogen-bond acceptors (Lipinski definition) is 1. The van der Waals surface area contributed by atoms with Crippen LogP contribution in [0.25, 0.3) is 0 Å². The zero-order valence-corrected chi connectivity index (χ0v) is 10.4. The van der Waals surface area contributed by atoms with E-state index in [1.807, 2.05) is 6.08 Å². The molecule has 0 heterocycles. The van der Waals surface area contributed by atoms with Gasteiger partial charge in [-0.25, -0.2) is 0 Å². The number of carbonyl (C=O) groups is 1. The predicted molar refractivity (Wildman–Crippen MR) is 63.1 cm³/mol. The van der Waals surface area contributed by atoms with Crippen LogP contribution >= 0.6 is 0 Å². The predicted octanol–water partition coefficient (Wildman–Crippen LogP) is 4.42. The maximum absolute atomic E-state index is 12.7. The van der Waals surface area contributed by atoms with Crippen LogP contribution in [0, 0.1) is 11.8 Å². The Kier molecular flexibility index (Phi) is 4.13. The molecule has 0 amide bonds. The highest BCUT2D eigenvalue weighted by atomic mass is 19.4. The van der Waals surface area contributed by atoms with Crippen molar-refractivity contribution in [2.45, 2.75) is 57.5 Å². The van der Waals surface area contributed by atoms with Crippen molar-refractivity contribution in [1.82, 2.24) is 0 Å². The molecule has 18 heavy (non-hydrogen) atoms. The fourth-order valence-electron chi connectivity index (χ4n) is 3.05. The van der Waals surface area contributed by atoms with E-state index >= 15 is 0 Å². The molecule has 0 aromatic carbocycles. The van der Waals surface area contributed by atoms with Gasteiger partial charge in [-0.1, -0.05) is 12.5 Å². The fraction of sp³-hybridized carbons (Fsp3) is 0.786. The van der Waals surface area contributed by atoms with Crippen molar-refractivity contribution >= 4 is 5.78 Å². The summed E-state index contributed by atoms with van der Waals surface area (Å²) in [5.74, 6) is -1.68. The van der Waals surface area contributed by atoms with Gasteiger partial charge in [0, 0.05) is 5.92 Å². The summed E-state index contributed by atoms with van der Waals surface area (Å²) in [5, 5.41) is 0. The van der Waals surface area contributed by atoms with Crippen LogP contribution in [-0.2, 0) is 4.79 Å². The van der Waals surface area contributed by atoms with Crippen molar-refractivity contribution in [3.8, 4) is 0 Å². The largest absolute Gasteiger partial charge is 0.391 e. The van der Waals surface area contributed by atoms with Crippen LogP contribution in [0.1, 0.15) is 51.4 Å². The summed E-state index contributed by atoms with van der Waals surface area (Å²) in [5.41, 5.74) is 0.786. The highest BCUT2D eigenvalue weighted by Gasteiger charge is 2.43. The van der Waals surface area contributed by atoms with Crippen molar-refractivity contribution in [3.63, 3.8) is 0 Å². The Labute approximate surface area is 105 Å². The van der Waals surface area contributed by atoms with Crippen molar-refractivity contribution in [2.24, 2.45) is 11.8 Å². The number of carbonyl (C=O) groups excluding carboxylic acids is 1. The van der Waals surface area contributed by atoms with Crippen LogP contribution in [0.2, 0.25) is 0 Å². The number of rotatable bonds is 2. The van der Waals surface area contributed by atoms with Gasteiger partial charge in [0.05, 0.1) is 5.92 Å². The summed E-state index contributed by atoms with van der Waals surface area (Å²) in [4.78, 5) is 12.2. The molecule has 0 bridgehead atoms. The Morgan fingerprint density at radius 2 is 1.94 bits per heavy atom. The third-order valence-corrected chi connectivity index (χ3v) is 4.12. The second-order valence-electron chi connectivity index (χ2n) is 5.44. The van der Waals surface area contributed by atoms with E-state index in [-0.39, 0.29) is 18.6 Å². The van der Waals surface area contributed by atoms with Gasteiger partial charge in [0.1, 0.15) is 0 Å². The minimum absolute atomic E-state index is 0.000324. The van der Waals surface area contributed by atoms with Gasteiger partial charge in [-0.3, -0.25) is 4.79 Å². The van der Waals surface area contributed by atoms with E-state index in [1.165, 1.54) is 0 Å². The molecule has 2 aliphatic carbocycles. The summed E-state index contributed by atoms with van der Waals surface area (Å²) in [7, 11) is 0. The number of ketones is 1. The first-order chi connectivity index (χ1) is 8.48. The molecule has 0 N–H and O–H groups in total. The highest BCUT2D eigenvalue weighted by molar-refractivity contribution is 5.97. The van der Waals surface area contributed by atoms with Crippen molar-refractivity contribution in [2.75, 3.05) is 0 Å². The lowest BCUT2D eigenvalue weighted by Gasteiger charge is -2.30. The number of Topliss-reactive ketones (excluding diaryl/α,β-unsaturated/α-hetero) is 1. The lowest BCUT2D eigenvalue weighted by Crippen LogP contribution is -2.32. The molecule has 0 aromatic rings. The van der Waals surface area contributed by atoms with Crippen molar-refractivity contribution in [1.29, 1.82) is 0 Å². The summed E-state index contributed by atoms with van der Waals surface area (Å²) < 4.78 is 38.1. The molecule has 1 saturated carbocycles. The van der Waals surface area contributed by atoms with Gasteiger partial charge >= 0.3 is 6.18 Å². The lowest BCUT2D eigenvalue weighted by molar-refractivity contribution is -0.185. The molecule has 4 heteroatoms. The van der Waals surface area contributed by atoms with Crippen LogP contribution in [-0.4, -0.2) is 12.0 Å². The van der Waals surface area contributed by atoms with E-state index in [0.717, 1.165) is 31.3 Å². The first kappa shape index (κ1) is 13.6. The van der Waals surface area contributed by atoms with Crippen LogP contribution in [0.5, 0.6) is 0 Å². The molecule has 0 saturated heterocycles. The Hall–Kier alpha value is -0.800. The quantitative estimate of drug-likeness (QED) is 0.718. The zero-order valence-electron chi connectivity index (χ0n) is 10.4. The molecule has 1 nitrogen and oxygen atoms in total. The zero-order chi connectivity index (χ0) is 13.2. The molecule has 1 fully saturated rings. The Bertz CT molecular complexity index is 343. The third-order valence-electron chi connectivity index (χ3n) is 4.12. The molecular formula is C14H19F3O. The molecule has 2 atom stereocenters. The lowest BCUT2D eigenvalue weighted by atomic mass is 9.76. The minimum atomic E-state index is -4.14. The van der Waals surface area contributed by atoms with Gasteiger partial charge in [-0.05, 0) is 50.5 Å². The molecule has 102 valence electrons. The molecule has 2 rings (SSSR count). The molecule has 0 spiro atoms. The molecule has 0 aromatic heterocycles. The monoisotopic (exact) mass is 260 g/mol. The van der Waals surface area contributed by atoms with E-state index in [2.05, 4.69) is 0 Å². The van der Waals surface area contributed by atoms with Gasteiger partial charge in [0.2, 0.25) is 0 Å². The maximum atomic E-state index is 12.7. The number of allylic oxidation sites excluding steroid dienone is 2. The second kappa shape index (κ2) is 5.45. The van der Waals surface area contributed by atoms with Crippen molar-refractivity contribution in [3.05, 3.63) is 11.6 Å². The van der Waals surface area contributed by atoms with Gasteiger partial charge in [0.25, 0.3) is 0 Å². The molecule has 0 aliphatic heterocycles. The van der Waals surface area contributed by atoms with E-state index < -0.39 is 18.0 Å². The number of hydrogen-bond donors (Lipinski definition) is 0. The second-order valence-corrected chi connectivity index (χ2v) is 5.44. The molecule has 2 unspecified atom stereocenters. The summed E-state index contributed by atoms with van der Waals surface area (Å²) in [6.07, 6.45) is 2.87. The number of halogens is 3. The Balaban J connectivity index is 2.00. The smallest absolute Gasteiger partial charge is 0.294 e. The third kappa shape index (κ3) is 3.15. The Morgan fingerprint density at radius 3 is 2.56 bits per heavy atom. The average Bonchev–Trinajstić information content (AvgIpc) is 2.38. The normalized spacial score (nSPS) is 29.8. The average molecular weight is 260 g/mol. The van der Waals surface area contributed by atoms with Crippen LogP contribution in [0.3, 0.4) is 0 Å². The summed E-state index contributed by atoms with van der Waals surface area (Å²) in [6.45, 7) is 0. The first-order valence-electron chi connectivity index (χ1n) is 6.78. The van der Waals surface area contributed by atoms with Gasteiger partial charge in [-0.15, -0.1) is 0 Å². The fourth-order valence-corrected chi connectivity index (χ4v) is 3.05. The van der Waals surface area contributed by atoms with Crippen LogP contribution in [0.4, 0.5) is 13.2 Å². The van der Waals surface area contributed by atoms with E-state index in [4.69, 9.17) is 0 Å². The summed E-state index contributed by atoms with van der Waals surface area (Å²) in [6, 6.07) is 0. The molecule has 0 radical (unpaired) electrons. The SMILES string of the molecule is O=C(C1=CCCCC1)C1CCCC(C(F)(F)F)C1. The van der Waals surface area contributed by atoms with E-state index in [1.54, 1.807) is 0 Å². The maximum Gasteiger partial charge on any atom is 0.391 e. The minimum Gasteiger partial charge on any atom is -0.294 e. The number of alkyl halides is 3.